The molecule has 0 bridgehead atoms. The molecule has 0 amide bonds. The maximum atomic E-state index is 3.88. The second-order valence-electron chi connectivity index (χ2n) is 4.76. The van der Waals surface area contributed by atoms with Crippen LogP contribution in [0.4, 0.5) is 0 Å². The van der Waals surface area contributed by atoms with Gasteiger partial charge >= 0.3 is 0 Å². The van der Waals surface area contributed by atoms with Gasteiger partial charge in [-0.3, -0.25) is 0 Å². The van der Waals surface area contributed by atoms with Crippen LogP contribution in [0.1, 0.15) is 58.3 Å². The molecule has 0 heterocycles. The molecule has 0 aromatic heterocycles. The highest BCUT2D eigenvalue weighted by molar-refractivity contribution is 5.13. The number of nitrogens with one attached hydrogen (secondary N) is 1. The Morgan fingerprint density at radius 2 is 2.19 bits per heavy atom. The Kier molecular flexibility index (Phi) is 7.24. The number of rotatable bonds is 6. The molecule has 1 N–H and O–H groups in total. The third-order valence-electron chi connectivity index (χ3n) is 3.32. The van der Waals surface area contributed by atoms with E-state index >= 15 is 0 Å². The third kappa shape index (κ3) is 4.98. The van der Waals surface area contributed by atoms with Gasteiger partial charge in [0, 0.05) is 6.04 Å². The second-order valence-corrected chi connectivity index (χ2v) is 4.76. The first kappa shape index (κ1) is 13.5. The highest BCUT2D eigenvalue weighted by atomic mass is 14.9. The Bertz CT molecular complexity index is 217. The van der Waals surface area contributed by atoms with Crippen molar-refractivity contribution in [3.05, 3.63) is 24.3 Å². The van der Waals surface area contributed by atoms with Crippen molar-refractivity contribution in [2.75, 3.05) is 6.54 Å². The predicted octanol–water partition coefficient (Wildman–Crippen LogP) is 4.21. The Balaban J connectivity index is 2.54. The molecule has 92 valence electrons. The Morgan fingerprint density at radius 1 is 1.38 bits per heavy atom. The quantitative estimate of drug-likeness (QED) is 0.662. The van der Waals surface area contributed by atoms with E-state index in [2.05, 4.69) is 24.9 Å². The van der Waals surface area contributed by atoms with Crippen LogP contribution in [0.5, 0.6) is 0 Å². The van der Waals surface area contributed by atoms with Gasteiger partial charge in [0.1, 0.15) is 0 Å². The topological polar surface area (TPSA) is 12.0 Å². The summed E-state index contributed by atoms with van der Waals surface area (Å²) < 4.78 is 0. The fourth-order valence-corrected chi connectivity index (χ4v) is 2.38. The molecule has 1 heteroatoms. The van der Waals surface area contributed by atoms with Gasteiger partial charge < -0.3 is 5.32 Å². The van der Waals surface area contributed by atoms with Gasteiger partial charge in [0.05, 0.1) is 0 Å². The van der Waals surface area contributed by atoms with Crippen LogP contribution in [-0.2, 0) is 0 Å². The molecule has 0 radical (unpaired) electrons. The number of hydrogen-bond donors (Lipinski definition) is 1. The zero-order valence-corrected chi connectivity index (χ0v) is 10.8. The van der Waals surface area contributed by atoms with E-state index in [4.69, 9.17) is 0 Å². The van der Waals surface area contributed by atoms with Crippen LogP contribution in [0.3, 0.4) is 0 Å². The van der Waals surface area contributed by atoms with Crippen molar-refractivity contribution in [2.24, 2.45) is 0 Å². The van der Waals surface area contributed by atoms with Crippen LogP contribution in [0, 0.1) is 0 Å². The molecule has 0 aromatic rings. The maximum absolute atomic E-state index is 3.88. The summed E-state index contributed by atoms with van der Waals surface area (Å²) in [6, 6.07) is 0.551. The maximum Gasteiger partial charge on any atom is 0.0314 e. The summed E-state index contributed by atoms with van der Waals surface area (Å²) in [7, 11) is 0. The molecule has 0 saturated heterocycles. The summed E-state index contributed by atoms with van der Waals surface area (Å²) in [5.41, 5.74) is 1.63. The van der Waals surface area contributed by atoms with Crippen LogP contribution in [0.25, 0.3) is 0 Å². The first-order valence-electron chi connectivity index (χ1n) is 6.91. The fraction of sp³-hybridized carbons (Fsp3) is 0.733. The zero-order valence-electron chi connectivity index (χ0n) is 10.8. The lowest BCUT2D eigenvalue weighted by Gasteiger charge is -2.22. The lowest BCUT2D eigenvalue weighted by atomic mass is 9.93. The van der Waals surface area contributed by atoms with Gasteiger partial charge in [-0.05, 0) is 45.1 Å². The number of hydrogen-bond acceptors (Lipinski definition) is 1. The molecule has 16 heavy (non-hydrogen) atoms. The first-order valence-corrected chi connectivity index (χ1v) is 6.91. The van der Waals surface area contributed by atoms with Gasteiger partial charge in [0.25, 0.3) is 0 Å². The molecule has 1 nitrogen and oxygen atoms in total. The highest BCUT2D eigenvalue weighted by Gasteiger charge is 2.12. The Morgan fingerprint density at radius 3 is 2.94 bits per heavy atom. The van der Waals surface area contributed by atoms with Crippen molar-refractivity contribution in [1.29, 1.82) is 0 Å². The average Bonchev–Trinajstić information content (AvgIpc) is 2.24. The molecular formula is C15H27N. The first-order chi connectivity index (χ1) is 7.88. The minimum absolute atomic E-state index is 0.551. The molecule has 1 aliphatic carbocycles. The number of allylic oxidation sites excluding steroid dienone is 1. The van der Waals surface area contributed by atoms with Crippen LogP contribution < -0.4 is 5.32 Å². The minimum Gasteiger partial charge on any atom is -0.310 e. The molecule has 1 rings (SSSR count). The van der Waals surface area contributed by atoms with E-state index in [1.807, 2.05) is 6.08 Å². The van der Waals surface area contributed by atoms with E-state index in [-0.39, 0.29) is 0 Å². The lowest BCUT2D eigenvalue weighted by molar-refractivity contribution is 0.528. The second kappa shape index (κ2) is 8.58. The standard InChI is InChI=1S/C15H27N/c1-3-10-15(16-13-4-2)14-11-8-6-5-7-9-12-14/h3,11,15-16H,1,4-10,12-13H2,2H3/b14-11+. The average molecular weight is 221 g/mol. The van der Waals surface area contributed by atoms with Crippen LogP contribution in [0.2, 0.25) is 0 Å². The van der Waals surface area contributed by atoms with E-state index in [1.165, 1.54) is 44.9 Å². The van der Waals surface area contributed by atoms with Gasteiger partial charge in [-0.15, -0.1) is 6.58 Å². The van der Waals surface area contributed by atoms with Crippen molar-refractivity contribution >= 4 is 0 Å². The molecule has 1 unspecified atom stereocenters. The predicted molar refractivity (Wildman–Crippen MR) is 72.7 cm³/mol. The van der Waals surface area contributed by atoms with E-state index in [1.54, 1.807) is 5.57 Å². The molecule has 0 aromatic carbocycles. The molecule has 0 aliphatic heterocycles. The molecule has 0 saturated carbocycles. The molecule has 1 atom stereocenters. The third-order valence-corrected chi connectivity index (χ3v) is 3.32. The van der Waals surface area contributed by atoms with Crippen LogP contribution in [-0.4, -0.2) is 12.6 Å². The van der Waals surface area contributed by atoms with E-state index in [9.17, 15) is 0 Å². The molecular weight excluding hydrogens is 194 g/mol. The van der Waals surface area contributed by atoms with E-state index < -0.39 is 0 Å². The summed E-state index contributed by atoms with van der Waals surface area (Å²) in [5.74, 6) is 0. The van der Waals surface area contributed by atoms with Gasteiger partial charge in [0.2, 0.25) is 0 Å². The van der Waals surface area contributed by atoms with Crippen molar-refractivity contribution < 1.29 is 0 Å². The van der Waals surface area contributed by atoms with E-state index in [0.717, 1.165) is 13.0 Å². The van der Waals surface area contributed by atoms with Crippen molar-refractivity contribution in [3.63, 3.8) is 0 Å². The fourth-order valence-electron chi connectivity index (χ4n) is 2.38. The van der Waals surface area contributed by atoms with E-state index in [0.29, 0.717) is 6.04 Å². The molecule has 0 fully saturated rings. The smallest absolute Gasteiger partial charge is 0.0314 e. The summed E-state index contributed by atoms with van der Waals surface area (Å²) in [6.45, 7) is 7.23. The Hall–Kier alpha value is -0.560. The summed E-state index contributed by atoms with van der Waals surface area (Å²) >= 11 is 0. The normalized spacial score (nSPS) is 22.7. The van der Waals surface area contributed by atoms with Gasteiger partial charge in [-0.25, -0.2) is 0 Å². The minimum atomic E-state index is 0.551. The van der Waals surface area contributed by atoms with Gasteiger partial charge in [0.15, 0.2) is 0 Å². The lowest BCUT2D eigenvalue weighted by Crippen LogP contribution is -2.31. The monoisotopic (exact) mass is 221 g/mol. The summed E-state index contributed by atoms with van der Waals surface area (Å²) in [6.07, 6.45) is 14.9. The SMILES string of the molecule is C=CCC(NCCC)/C1=C/CCCCCC1. The largest absolute Gasteiger partial charge is 0.310 e. The highest BCUT2D eigenvalue weighted by Crippen LogP contribution is 2.21. The van der Waals surface area contributed by atoms with Crippen molar-refractivity contribution in [3.8, 4) is 0 Å². The van der Waals surface area contributed by atoms with Crippen LogP contribution in [0.15, 0.2) is 24.3 Å². The van der Waals surface area contributed by atoms with Crippen molar-refractivity contribution in [1.82, 2.24) is 5.32 Å². The zero-order chi connectivity index (χ0) is 11.6. The summed E-state index contributed by atoms with van der Waals surface area (Å²) in [5, 5.41) is 3.65. The van der Waals surface area contributed by atoms with Crippen LogP contribution >= 0.6 is 0 Å². The Labute approximate surface area is 101 Å². The van der Waals surface area contributed by atoms with Gasteiger partial charge in [-0.2, -0.15) is 0 Å². The molecule has 1 aliphatic rings. The van der Waals surface area contributed by atoms with Crippen molar-refractivity contribution in [2.45, 2.75) is 64.3 Å². The summed E-state index contributed by atoms with van der Waals surface area (Å²) in [4.78, 5) is 0. The molecule has 0 spiro atoms. The van der Waals surface area contributed by atoms with Gasteiger partial charge in [-0.1, -0.05) is 37.5 Å².